The second-order valence-corrected chi connectivity index (χ2v) is 8.09. The molecule has 2 aliphatic rings. The van der Waals surface area contributed by atoms with Gasteiger partial charge in [0, 0.05) is 37.8 Å². The molecule has 3 heterocycles. The van der Waals surface area contributed by atoms with Crippen LogP contribution >= 0.6 is 23.2 Å². The molecule has 0 saturated carbocycles. The number of aromatic nitrogens is 2. The molecule has 0 aliphatic carbocycles. The molecule has 0 radical (unpaired) electrons. The van der Waals surface area contributed by atoms with Crippen molar-refractivity contribution in [2.45, 2.75) is 25.9 Å². The fourth-order valence-corrected chi connectivity index (χ4v) is 4.11. The number of amides is 1. The first kappa shape index (κ1) is 20.2. The molecular formula is C20H22Cl2N4O3. The van der Waals surface area contributed by atoms with E-state index in [1.165, 1.54) is 4.68 Å². The maximum Gasteiger partial charge on any atom is 0.292 e. The molecule has 154 valence electrons. The molecule has 2 fully saturated rings. The van der Waals surface area contributed by atoms with Crippen LogP contribution in [0.4, 0.5) is 5.69 Å². The van der Waals surface area contributed by atoms with E-state index < -0.39 is 5.56 Å². The third-order valence-electron chi connectivity index (χ3n) is 5.44. The first-order valence-electron chi connectivity index (χ1n) is 9.65. The van der Waals surface area contributed by atoms with Gasteiger partial charge in [-0.25, -0.2) is 0 Å². The van der Waals surface area contributed by atoms with E-state index in [0.29, 0.717) is 49.2 Å². The number of hydrogen-bond acceptors (Lipinski definition) is 5. The van der Waals surface area contributed by atoms with Crippen LogP contribution < -0.4 is 10.5 Å². The van der Waals surface area contributed by atoms with Crippen LogP contribution in [0.25, 0.3) is 5.69 Å². The van der Waals surface area contributed by atoms with Gasteiger partial charge in [-0.2, -0.15) is 9.78 Å². The van der Waals surface area contributed by atoms with Crippen molar-refractivity contribution in [2.24, 2.45) is 0 Å². The molecule has 0 bridgehead atoms. The van der Waals surface area contributed by atoms with Crippen molar-refractivity contribution in [1.82, 2.24) is 14.7 Å². The molecular weight excluding hydrogens is 415 g/mol. The molecule has 0 N–H and O–H groups in total. The van der Waals surface area contributed by atoms with Crippen LogP contribution in [0.3, 0.4) is 0 Å². The standard InChI is InChI=1S/C20H22Cl2N4O3/c1-13-4-5-14(11-15(13)21)26-20(28)18(22)16(12-23-26)24-6-8-25(9-7-24)19(27)17-3-2-10-29-17/h4-5,11-12,17H,2-3,6-10H2,1H3. The fourth-order valence-electron chi connectivity index (χ4n) is 3.69. The predicted molar refractivity (Wildman–Crippen MR) is 112 cm³/mol. The number of hydrogen-bond donors (Lipinski definition) is 0. The van der Waals surface area contributed by atoms with E-state index in [1.807, 2.05) is 22.8 Å². The summed E-state index contributed by atoms with van der Waals surface area (Å²) < 4.78 is 6.74. The topological polar surface area (TPSA) is 67.7 Å². The Hall–Kier alpha value is -2.09. The maximum atomic E-state index is 12.8. The summed E-state index contributed by atoms with van der Waals surface area (Å²) in [5, 5.41) is 4.96. The number of nitrogens with zero attached hydrogens (tertiary/aromatic N) is 4. The Kier molecular flexibility index (Phi) is 5.81. The third kappa shape index (κ3) is 3.99. The molecule has 2 saturated heterocycles. The Morgan fingerprint density at radius 3 is 2.62 bits per heavy atom. The van der Waals surface area contributed by atoms with Gasteiger partial charge in [0.05, 0.1) is 17.6 Å². The summed E-state index contributed by atoms with van der Waals surface area (Å²) in [4.78, 5) is 29.1. The molecule has 9 heteroatoms. The number of ether oxygens (including phenoxy) is 1. The number of carbonyl (C=O) groups is 1. The van der Waals surface area contributed by atoms with E-state index in [0.717, 1.165) is 18.4 Å². The quantitative estimate of drug-likeness (QED) is 0.739. The van der Waals surface area contributed by atoms with Crippen molar-refractivity contribution in [3.8, 4) is 5.69 Å². The van der Waals surface area contributed by atoms with E-state index in [9.17, 15) is 9.59 Å². The highest BCUT2D eigenvalue weighted by Crippen LogP contribution is 2.25. The van der Waals surface area contributed by atoms with Crippen molar-refractivity contribution in [1.29, 1.82) is 0 Å². The Balaban J connectivity index is 1.50. The minimum Gasteiger partial charge on any atom is -0.368 e. The fraction of sp³-hybridized carbons (Fsp3) is 0.450. The number of halogens is 2. The van der Waals surface area contributed by atoms with Gasteiger partial charge in [-0.3, -0.25) is 9.59 Å². The number of anilines is 1. The van der Waals surface area contributed by atoms with Gasteiger partial charge in [-0.05, 0) is 37.5 Å². The van der Waals surface area contributed by atoms with Gasteiger partial charge in [-0.1, -0.05) is 29.3 Å². The zero-order valence-electron chi connectivity index (χ0n) is 16.1. The van der Waals surface area contributed by atoms with E-state index >= 15 is 0 Å². The smallest absolute Gasteiger partial charge is 0.292 e. The molecule has 29 heavy (non-hydrogen) atoms. The summed E-state index contributed by atoms with van der Waals surface area (Å²) in [6.45, 7) is 4.83. The Labute approximate surface area is 178 Å². The number of aryl methyl sites for hydroxylation is 1. The van der Waals surface area contributed by atoms with Gasteiger partial charge in [0.25, 0.3) is 11.5 Å². The molecule has 1 amide bonds. The number of carbonyl (C=O) groups excluding carboxylic acids is 1. The molecule has 7 nitrogen and oxygen atoms in total. The highest BCUT2D eigenvalue weighted by Gasteiger charge is 2.31. The molecule has 4 rings (SSSR count). The minimum absolute atomic E-state index is 0.0537. The predicted octanol–water partition coefficient (Wildman–Crippen LogP) is 2.68. The average molecular weight is 437 g/mol. The lowest BCUT2D eigenvalue weighted by Crippen LogP contribution is -2.51. The van der Waals surface area contributed by atoms with Crippen molar-refractivity contribution in [3.63, 3.8) is 0 Å². The van der Waals surface area contributed by atoms with Crippen LogP contribution in [0.5, 0.6) is 0 Å². The summed E-state index contributed by atoms with van der Waals surface area (Å²) in [6, 6.07) is 5.30. The zero-order chi connectivity index (χ0) is 20.5. The second kappa shape index (κ2) is 8.34. The highest BCUT2D eigenvalue weighted by atomic mass is 35.5. The zero-order valence-corrected chi connectivity index (χ0v) is 17.6. The molecule has 2 aliphatic heterocycles. The van der Waals surface area contributed by atoms with Crippen LogP contribution in [-0.2, 0) is 9.53 Å². The Morgan fingerprint density at radius 1 is 1.21 bits per heavy atom. The molecule has 1 atom stereocenters. The summed E-state index contributed by atoms with van der Waals surface area (Å²) in [5.41, 5.74) is 1.66. The highest BCUT2D eigenvalue weighted by molar-refractivity contribution is 6.33. The normalized spacial score (nSPS) is 19.6. The summed E-state index contributed by atoms with van der Waals surface area (Å²) in [6.07, 6.45) is 3.00. The summed E-state index contributed by atoms with van der Waals surface area (Å²) in [5.74, 6) is 0.0537. The number of rotatable bonds is 3. The van der Waals surface area contributed by atoms with Crippen LogP contribution in [0.1, 0.15) is 18.4 Å². The van der Waals surface area contributed by atoms with E-state index in [1.54, 1.807) is 18.3 Å². The van der Waals surface area contributed by atoms with Crippen LogP contribution in [0.15, 0.2) is 29.2 Å². The molecule has 2 aromatic rings. The van der Waals surface area contributed by atoms with Crippen molar-refractivity contribution < 1.29 is 9.53 Å². The molecule has 1 aromatic carbocycles. The molecule has 1 unspecified atom stereocenters. The van der Waals surface area contributed by atoms with Crippen molar-refractivity contribution >= 4 is 34.8 Å². The lowest BCUT2D eigenvalue weighted by molar-refractivity contribution is -0.141. The number of piperazine rings is 1. The van der Waals surface area contributed by atoms with Crippen molar-refractivity contribution in [2.75, 3.05) is 37.7 Å². The van der Waals surface area contributed by atoms with Gasteiger partial charge in [0.1, 0.15) is 11.1 Å². The van der Waals surface area contributed by atoms with E-state index in [-0.39, 0.29) is 17.0 Å². The minimum atomic E-state index is -0.401. The second-order valence-electron chi connectivity index (χ2n) is 7.31. The maximum absolute atomic E-state index is 12.8. The van der Waals surface area contributed by atoms with E-state index in [4.69, 9.17) is 27.9 Å². The Morgan fingerprint density at radius 2 is 1.97 bits per heavy atom. The van der Waals surface area contributed by atoms with Gasteiger partial charge in [0.15, 0.2) is 0 Å². The van der Waals surface area contributed by atoms with Crippen molar-refractivity contribution in [3.05, 3.63) is 50.4 Å². The lowest BCUT2D eigenvalue weighted by Gasteiger charge is -2.37. The first-order valence-corrected chi connectivity index (χ1v) is 10.4. The lowest BCUT2D eigenvalue weighted by atomic mass is 10.2. The van der Waals surface area contributed by atoms with Crippen LogP contribution in [0, 0.1) is 6.92 Å². The van der Waals surface area contributed by atoms with Crippen LogP contribution in [0.2, 0.25) is 10.0 Å². The van der Waals surface area contributed by atoms with Gasteiger partial charge in [-0.15, -0.1) is 0 Å². The van der Waals surface area contributed by atoms with Gasteiger partial charge >= 0.3 is 0 Å². The summed E-state index contributed by atoms with van der Waals surface area (Å²) >= 11 is 12.6. The number of benzene rings is 1. The summed E-state index contributed by atoms with van der Waals surface area (Å²) in [7, 11) is 0. The van der Waals surface area contributed by atoms with Crippen LogP contribution in [-0.4, -0.2) is 59.5 Å². The Bertz CT molecular complexity index is 980. The third-order valence-corrected chi connectivity index (χ3v) is 6.20. The van der Waals surface area contributed by atoms with Gasteiger partial charge in [0.2, 0.25) is 0 Å². The molecule has 0 spiro atoms. The monoisotopic (exact) mass is 436 g/mol. The first-order chi connectivity index (χ1) is 14.0. The van der Waals surface area contributed by atoms with E-state index in [2.05, 4.69) is 5.10 Å². The molecule has 1 aromatic heterocycles. The average Bonchev–Trinajstić information content (AvgIpc) is 3.27. The SMILES string of the molecule is Cc1ccc(-n2ncc(N3CCN(C(=O)C4CCCO4)CC3)c(Cl)c2=O)cc1Cl. The van der Waals surface area contributed by atoms with Gasteiger partial charge < -0.3 is 14.5 Å². The largest absolute Gasteiger partial charge is 0.368 e.